The first-order chi connectivity index (χ1) is 13.3. The number of rotatable bonds is 8. The van der Waals surface area contributed by atoms with Crippen LogP contribution < -0.4 is 15.4 Å². The highest BCUT2D eigenvalue weighted by Gasteiger charge is 2.30. The van der Waals surface area contributed by atoms with Crippen LogP contribution in [0, 0.1) is 0 Å². The Morgan fingerprint density at radius 3 is 2.62 bits per heavy atom. The molecule has 0 fully saturated rings. The van der Waals surface area contributed by atoms with E-state index in [1.165, 1.54) is 17.4 Å². The van der Waals surface area contributed by atoms with E-state index < -0.39 is 17.8 Å². The number of hydrogen-bond acceptors (Lipinski definition) is 5. The fourth-order valence-corrected chi connectivity index (χ4v) is 3.11. The molecule has 2 aromatic rings. The second kappa shape index (κ2) is 12.4. The molecule has 0 spiro atoms. The summed E-state index contributed by atoms with van der Waals surface area (Å²) in [5.41, 5.74) is -0.829. The second-order valence-electron chi connectivity index (χ2n) is 5.54. The van der Waals surface area contributed by atoms with Crippen LogP contribution in [0.3, 0.4) is 0 Å². The molecule has 0 saturated carbocycles. The van der Waals surface area contributed by atoms with Crippen molar-refractivity contribution in [3.05, 3.63) is 45.2 Å². The van der Waals surface area contributed by atoms with Crippen molar-refractivity contribution in [1.82, 2.24) is 15.6 Å². The predicted molar refractivity (Wildman–Crippen MR) is 118 cm³/mol. The van der Waals surface area contributed by atoms with Crippen LogP contribution in [-0.2, 0) is 6.18 Å². The van der Waals surface area contributed by atoms with Gasteiger partial charge in [0, 0.05) is 23.7 Å². The summed E-state index contributed by atoms with van der Waals surface area (Å²) in [6.45, 7) is 3.18. The highest BCUT2D eigenvalue weighted by molar-refractivity contribution is 14.0. The predicted octanol–water partition coefficient (Wildman–Crippen LogP) is 4.10. The summed E-state index contributed by atoms with van der Waals surface area (Å²) < 4.78 is 43.4. The number of nitrogens with zero attached hydrogens (tertiary/aromatic N) is 2. The van der Waals surface area contributed by atoms with Gasteiger partial charge in [0.15, 0.2) is 5.96 Å². The Kier molecular flexibility index (Phi) is 11.0. The molecule has 3 N–H and O–H groups in total. The molecule has 162 valence electrons. The number of pyridine rings is 1. The lowest BCUT2D eigenvalue weighted by atomic mass is 10.3. The molecule has 12 heteroatoms. The van der Waals surface area contributed by atoms with Crippen LogP contribution in [0.25, 0.3) is 0 Å². The third-order valence-corrected chi connectivity index (χ3v) is 4.73. The number of halogens is 5. The van der Waals surface area contributed by atoms with Crippen molar-refractivity contribution < 1.29 is 23.0 Å². The lowest BCUT2D eigenvalue weighted by molar-refractivity contribution is -0.137. The van der Waals surface area contributed by atoms with Gasteiger partial charge in [0.2, 0.25) is 5.88 Å². The topological polar surface area (TPSA) is 78.8 Å². The minimum Gasteiger partial charge on any atom is -0.476 e. The number of aliphatic hydroxyl groups excluding tert-OH is 1. The van der Waals surface area contributed by atoms with Crippen molar-refractivity contribution in [2.45, 2.75) is 19.2 Å². The highest BCUT2D eigenvalue weighted by Crippen LogP contribution is 2.29. The third-order valence-electron chi connectivity index (χ3n) is 3.40. The average Bonchev–Trinajstić information content (AvgIpc) is 3.09. The van der Waals surface area contributed by atoms with Gasteiger partial charge in [0.25, 0.3) is 0 Å². The van der Waals surface area contributed by atoms with Gasteiger partial charge in [-0.3, -0.25) is 4.99 Å². The minimum atomic E-state index is -4.43. The Labute approximate surface area is 192 Å². The minimum absolute atomic E-state index is 0. The average molecular weight is 565 g/mol. The van der Waals surface area contributed by atoms with Crippen LogP contribution in [0.1, 0.15) is 23.5 Å². The first-order valence-corrected chi connectivity index (χ1v) is 9.60. The summed E-state index contributed by atoms with van der Waals surface area (Å²) in [6, 6.07) is 5.55. The summed E-state index contributed by atoms with van der Waals surface area (Å²) in [6.07, 6.45) is -4.46. The molecule has 2 heterocycles. The summed E-state index contributed by atoms with van der Waals surface area (Å²) in [5, 5.41) is 16.2. The molecule has 2 rings (SSSR count). The van der Waals surface area contributed by atoms with Crippen molar-refractivity contribution in [2.24, 2.45) is 4.99 Å². The normalized spacial score (nSPS) is 12.8. The number of ether oxygens (including phenoxy) is 1. The number of thiophene rings is 1. The molecule has 0 radical (unpaired) electrons. The van der Waals surface area contributed by atoms with Gasteiger partial charge in [-0.25, -0.2) is 4.98 Å². The molecule has 0 aliphatic carbocycles. The smallest absolute Gasteiger partial charge is 0.417 e. The Balaban J connectivity index is 0.00000420. The van der Waals surface area contributed by atoms with Crippen LogP contribution in [0.5, 0.6) is 5.88 Å². The van der Waals surface area contributed by atoms with E-state index in [0.29, 0.717) is 23.4 Å². The molecule has 6 nitrogen and oxygen atoms in total. The highest BCUT2D eigenvalue weighted by atomic mass is 127. The number of guanidine groups is 1. The van der Waals surface area contributed by atoms with E-state index in [9.17, 15) is 18.3 Å². The number of hydrogen-bond donors (Lipinski definition) is 3. The molecule has 0 aliphatic rings. The molecular weight excluding hydrogens is 544 g/mol. The van der Waals surface area contributed by atoms with Gasteiger partial charge in [-0.05, 0) is 25.1 Å². The SMILES string of the molecule is CCNC(=NCC(O)c1ccc(Cl)s1)NCCOc1ccc(C(F)(F)F)cn1.I. The fourth-order valence-electron chi connectivity index (χ4n) is 2.08. The quantitative estimate of drug-likeness (QED) is 0.195. The molecule has 0 saturated heterocycles. The second-order valence-corrected chi connectivity index (χ2v) is 7.28. The Morgan fingerprint density at radius 1 is 1.31 bits per heavy atom. The largest absolute Gasteiger partial charge is 0.476 e. The van der Waals surface area contributed by atoms with Crippen LogP contribution in [-0.4, -0.2) is 42.3 Å². The van der Waals surface area contributed by atoms with Crippen molar-refractivity contribution >= 4 is 52.9 Å². The van der Waals surface area contributed by atoms with E-state index in [0.717, 1.165) is 17.1 Å². The molecule has 2 aromatic heterocycles. The maximum atomic E-state index is 12.5. The summed E-state index contributed by atoms with van der Waals surface area (Å²) in [5.74, 6) is 0.579. The van der Waals surface area contributed by atoms with Crippen LogP contribution in [0.4, 0.5) is 13.2 Å². The zero-order valence-electron chi connectivity index (χ0n) is 15.4. The van der Waals surface area contributed by atoms with E-state index >= 15 is 0 Å². The van der Waals surface area contributed by atoms with Gasteiger partial charge < -0.3 is 20.5 Å². The summed E-state index contributed by atoms with van der Waals surface area (Å²) in [4.78, 5) is 8.65. The Morgan fingerprint density at radius 2 is 2.07 bits per heavy atom. The van der Waals surface area contributed by atoms with Gasteiger partial charge >= 0.3 is 6.18 Å². The maximum absolute atomic E-state index is 12.5. The lowest BCUT2D eigenvalue weighted by Crippen LogP contribution is -2.39. The van der Waals surface area contributed by atoms with Crippen LogP contribution in [0.15, 0.2) is 35.5 Å². The van der Waals surface area contributed by atoms with Crippen molar-refractivity contribution in [3.63, 3.8) is 0 Å². The van der Waals surface area contributed by atoms with Gasteiger partial charge in [-0.2, -0.15) is 13.2 Å². The lowest BCUT2D eigenvalue weighted by Gasteiger charge is -2.13. The van der Waals surface area contributed by atoms with Crippen LogP contribution >= 0.6 is 46.9 Å². The first-order valence-electron chi connectivity index (χ1n) is 8.41. The Bertz CT molecular complexity index is 775. The van der Waals surface area contributed by atoms with E-state index in [1.54, 1.807) is 12.1 Å². The van der Waals surface area contributed by atoms with Gasteiger partial charge in [0.1, 0.15) is 12.7 Å². The number of aliphatic hydroxyl groups is 1. The molecule has 0 aromatic carbocycles. The number of aromatic nitrogens is 1. The van der Waals surface area contributed by atoms with E-state index in [2.05, 4.69) is 20.6 Å². The van der Waals surface area contributed by atoms with Gasteiger partial charge in [-0.1, -0.05) is 11.6 Å². The molecule has 29 heavy (non-hydrogen) atoms. The van der Waals surface area contributed by atoms with Gasteiger partial charge in [0.05, 0.1) is 23.0 Å². The molecule has 1 unspecified atom stereocenters. The zero-order chi connectivity index (χ0) is 20.6. The van der Waals surface area contributed by atoms with Gasteiger partial charge in [-0.15, -0.1) is 35.3 Å². The standard InChI is InChI=1S/C17H20ClF3N4O2S.HI/c1-2-22-16(25-10-12(26)13-4-5-14(18)28-13)23-7-8-27-15-6-3-11(9-24-15)17(19,20)21;/h3-6,9,12,26H,2,7-8,10H2,1H3,(H2,22,23,25);1H. The third kappa shape index (κ3) is 8.93. The molecule has 1 atom stereocenters. The summed E-state index contributed by atoms with van der Waals surface area (Å²) in [7, 11) is 0. The van der Waals surface area contributed by atoms with Crippen LogP contribution in [0.2, 0.25) is 4.34 Å². The summed E-state index contributed by atoms with van der Waals surface area (Å²) >= 11 is 7.15. The fraction of sp³-hybridized carbons (Fsp3) is 0.412. The van der Waals surface area contributed by atoms with E-state index in [-0.39, 0.29) is 43.0 Å². The molecule has 0 amide bonds. The number of aliphatic imine (C=N–C) groups is 1. The van der Waals surface area contributed by atoms with Crippen molar-refractivity contribution in [2.75, 3.05) is 26.2 Å². The molecule has 0 bridgehead atoms. The number of alkyl halides is 3. The molecular formula is C17H21ClF3IN4O2S. The zero-order valence-corrected chi connectivity index (χ0v) is 19.3. The monoisotopic (exact) mass is 564 g/mol. The van der Waals surface area contributed by atoms with E-state index in [4.69, 9.17) is 16.3 Å². The molecule has 0 aliphatic heterocycles. The number of nitrogens with one attached hydrogen (secondary N) is 2. The Hall–Kier alpha value is -1.31. The first kappa shape index (κ1) is 25.7. The van der Waals surface area contributed by atoms with Crippen molar-refractivity contribution in [1.29, 1.82) is 0 Å². The maximum Gasteiger partial charge on any atom is 0.417 e. The van der Waals surface area contributed by atoms with E-state index in [1.807, 2.05) is 6.92 Å². The van der Waals surface area contributed by atoms with Crippen molar-refractivity contribution in [3.8, 4) is 5.88 Å².